The molecule has 1 aromatic carbocycles. The van der Waals surface area contributed by atoms with Crippen LogP contribution in [0.25, 0.3) is 0 Å². The van der Waals surface area contributed by atoms with Crippen LogP contribution in [-0.4, -0.2) is 29.3 Å². The molecule has 1 aliphatic rings. The van der Waals surface area contributed by atoms with Crippen LogP contribution >= 0.6 is 0 Å². The van der Waals surface area contributed by atoms with Gasteiger partial charge in [0.2, 0.25) is 0 Å². The van der Waals surface area contributed by atoms with Gasteiger partial charge in [0.25, 0.3) is 5.91 Å². The lowest BCUT2D eigenvalue weighted by Crippen LogP contribution is -2.43. The molecule has 2 heterocycles. The van der Waals surface area contributed by atoms with Crippen molar-refractivity contribution in [1.29, 1.82) is 0 Å². The number of nitrogens with two attached hydrogens (primary N) is 1. The third-order valence-corrected chi connectivity index (χ3v) is 3.94. The molecule has 1 amide bonds. The van der Waals surface area contributed by atoms with Crippen LogP contribution in [0.1, 0.15) is 29.0 Å². The summed E-state index contributed by atoms with van der Waals surface area (Å²) < 4.78 is 45.3. The molecule has 24 heavy (non-hydrogen) atoms. The Labute approximate surface area is 135 Å². The second kappa shape index (κ2) is 5.43. The monoisotopic (exact) mass is 340 g/mol. The quantitative estimate of drug-likeness (QED) is 0.912. The predicted octanol–water partition coefficient (Wildman–Crippen LogP) is 2.71. The average molecular weight is 340 g/mol. The maximum Gasteiger partial charge on any atom is 0.419 e. The van der Waals surface area contributed by atoms with Crippen molar-refractivity contribution in [3.63, 3.8) is 0 Å². The Morgan fingerprint density at radius 3 is 2.71 bits per heavy atom. The Bertz CT molecular complexity index is 801. The number of halogens is 3. The number of hydrogen-bond donors (Lipinski definition) is 1. The van der Waals surface area contributed by atoms with Crippen LogP contribution in [0.2, 0.25) is 0 Å². The summed E-state index contributed by atoms with van der Waals surface area (Å²) in [5.41, 5.74) is 5.66. The van der Waals surface area contributed by atoms with Crippen LogP contribution in [-0.2, 0) is 6.18 Å². The topological polar surface area (TPSA) is 73.4 Å². The van der Waals surface area contributed by atoms with E-state index >= 15 is 0 Å². The van der Waals surface area contributed by atoms with Gasteiger partial charge in [-0.1, -0.05) is 0 Å². The molecule has 1 aromatic heterocycles. The van der Waals surface area contributed by atoms with Gasteiger partial charge in [-0.25, -0.2) is 0 Å². The summed E-state index contributed by atoms with van der Waals surface area (Å²) in [6.07, 6.45) is -3.15. The molecular formula is C15H15F3N4O2. The van der Waals surface area contributed by atoms with Gasteiger partial charge < -0.3 is 15.4 Å². The number of carbonyl (C=O) groups is 1. The van der Waals surface area contributed by atoms with E-state index in [1.54, 1.807) is 0 Å². The molecule has 6 nitrogen and oxygen atoms in total. The van der Waals surface area contributed by atoms with Crippen LogP contribution < -0.4 is 15.4 Å². The number of ether oxygens (including phenoxy) is 1. The Morgan fingerprint density at radius 2 is 2.08 bits per heavy atom. The molecule has 128 valence electrons. The van der Waals surface area contributed by atoms with Crippen molar-refractivity contribution in [2.75, 3.05) is 24.3 Å². The van der Waals surface area contributed by atoms with Gasteiger partial charge >= 0.3 is 6.18 Å². The second-order valence-electron chi connectivity index (χ2n) is 5.54. The number of alkyl halides is 3. The van der Waals surface area contributed by atoms with Gasteiger partial charge in [0.1, 0.15) is 11.4 Å². The van der Waals surface area contributed by atoms with E-state index in [0.29, 0.717) is 5.69 Å². The molecule has 1 aliphatic heterocycles. The second-order valence-corrected chi connectivity index (χ2v) is 5.54. The fourth-order valence-corrected chi connectivity index (χ4v) is 2.79. The summed E-state index contributed by atoms with van der Waals surface area (Å²) in [5.74, 6) is -0.752. The van der Waals surface area contributed by atoms with Gasteiger partial charge in [0, 0.05) is 18.3 Å². The number of carbonyl (C=O) groups excluding carboxylic acids is 1. The maximum absolute atomic E-state index is 13.0. The Morgan fingerprint density at radius 1 is 1.38 bits per heavy atom. The largest absolute Gasteiger partial charge is 0.496 e. The molecule has 1 atom stereocenters. The molecule has 0 saturated carbocycles. The molecule has 0 fully saturated rings. The molecule has 3 rings (SSSR count). The van der Waals surface area contributed by atoms with Gasteiger partial charge in [0.15, 0.2) is 0 Å². The lowest BCUT2D eigenvalue weighted by molar-refractivity contribution is -0.138. The molecule has 0 saturated heterocycles. The van der Waals surface area contributed by atoms with Crippen molar-refractivity contribution in [3.05, 3.63) is 35.7 Å². The zero-order valence-electron chi connectivity index (χ0n) is 13.0. The molecule has 9 heteroatoms. The van der Waals surface area contributed by atoms with Gasteiger partial charge in [-0.3, -0.25) is 9.48 Å². The minimum atomic E-state index is -4.54. The molecule has 2 aromatic rings. The Balaban J connectivity index is 2.04. The van der Waals surface area contributed by atoms with Crippen LogP contribution in [0.15, 0.2) is 24.4 Å². The summed E-state index contributed by atoms with van der Waals surface area (Å²) in [6.45, 7) is 2.11. The summed E-state index contributed by atoms with van der Waals surface area (Å²) in [4.78, 5) is 14.0. The zero-order valence-corrected chi connectivity index (χ0v) is 13.0. The van der Waals surface area contributed by atoms with Gasteiger partial charge in [-0.2, -0.15) is 18.3 Å². The highest BCUT2D eigenvalue weighted by molar-refractivity contribution is 6.09. The van der Waals surface area contributed by atoms with E-state index in [2.05, 4.69) is 5.10 Å². The van der Waals surface area contributed by atoms with Crippen molar-refractivity contribution in [1.82, 2.24) is 9.78 Å². The lowest BCUT2D eigenvalue weighted by atomic mass is 10.1. The molecule has 0 bridgehead atoms. The highest BCUT2D eigenvalue weighted by atomic mass is 19.4. The van der Waals surface area contributed by atoms with E-state index in [1.165, 1.54) is 27.9 Å². The predicted molar refractivity (Wildman–Crippen MR) is 81.0 cm³/mol. The minimum absolute atomic E-state index is 0.164. The van der Waals surface area contributed by atoms with E-state index in [4.69, 9.17) is 10.5 Å². The first-order valence-corrected chi connectivity index (χ1v) is 7.14. The third kappa shape index (κ3) is 2.45. The smallest absolute Gasteiger partial charge is 0.419 e. The average Bonchev–Trinajstić information content (AvgIpc) is 2.92. The minimum Gasteiger partial charge on any atom is -0.496 e. The van der Waals surface area contributed by atoms with E-state index in [1.807, 2.05) is 6.92 Å². The number of nitrogens with zero attached hydrogens (tertiary/aromatic N) is 3. The Kier molecular flexibility index (Phi) is 3.66. The fraction of sp³-hybridized carbons (Fsp3) is 0.333. The van der Waals surface area contributed by atoms with Gasteiger partial charge in [0.05, 0.1) is 30.6 Å². The standard InChI is InChI=1S/C15H15F3N4O2/c1-8-7-21(14(23)13-11(19)6-20-22(8)13)9-3-4-10(15(16,17)18)12(5-9)24-2/h3-6,8H,7,19H2,1-2H3/t8-/m0/s1. The van der Waals surface area contributed by atoms with Crippen LogP contribution in [0.5, 0.6) is 5.75 Å². The number of amides is 1. The molecule has 0 spiro atoms. The van der Waals surface area contributed by atoms with E-state index < -0.39 is 17.6 Å². The van der Waals surface area contributed by atoms with Crippen molar-refractivity contribution in [2.24, 2.45) is 0 Å². The number of fused-ring (bicyclic) bond motifs is 1. The summed E-state index contributed by atoms with van der Waals surface area (Å²) >= 11 is 0. The van der Waals surface area contributed by atoms with Gasteiger partial charge in [-0.15, -0.1) is 0 Å². The van der Waals surface area contributed by atoms with E-state index in [9.17, 15) is 18.0 Å². The third-order valence-electron chi connectivity index (χ3n) is 3.94. The first-order valence-electron chi connectivity index (χ1n) is 7.14. The van der Waals surface area contributed by atoms with Crippen LogP contribution in [0.3, 0.4) is 0 Å². The molecule has 0 radical (unpaired) electrons. The molecule has 0 unspecified atom stereocenters. The molecular weight excluding hydrogens is 325 g/mol. The van der Waals surface area contributed by atoms with Crippen molar-refractivity contribution < 1.29 is 22.7 Å². The highest BCUT2D eigenvalue weighted by Crippen LogP contribution is 2.39. The number of rotatable bonds is 2. The van der Waals surface area contributed by atoms with Crippen molar-refractivity contribution in [2.45, 2.75) is 19.1 Å². The lowest BCUT2D eigenvalue weighted by Gasteiger charge is -2.32. The summed E-state index contributed by atoms with van der Waals surface area (Å²) in [7, 11) is 1.15. The SMILES string of the molecule is COc1cc(N2C[C@H](C)n3ncc(N)c3C2=O)ccc1C(F)(F)F. The van der Waals surface area contributed by atoms with Crippen LogP contribution in [0.4, 0.5) is 24.5 Å². The first kappa shape index (κ1) is 16.2. The summed E-state index contributed by atoms with van der Waals surface area (Å²) in [6, 6.07) is 3.19. The highest BCUT2D eigenvalue weighted by Gasteiger charge is 2.36. The Hall–Kier alpha value is -2.71. The molecule has 0 aliphatic carbocycles. The van der Waals surface area contributed by atoms with Gasteiger partial charge in [-0.05, 0) is 19.1 Å². The van der Waals surface area contributed by atoms with Crippen molar-refractivity contribution in [3.8, 4) is 5.75 Å². The number of hydrogen-bond acceptors (Lipinski definition) is 4. The number of nitrogen functional groups attached to an aromatic ring is 1. The molecule has 2 N–H and O–H groups in total. The van der Waals surface area contributed by atoms with Crippen LogP contribution in [0, 0.1) is 0 Å². The first-order chi connectivity index (χ1) is 11.2. The number of benzene rings is 1. The van der Waals surface area contributed by atoms with Crippen molar-refractivity contribution >= 4 is 17.3 Å². The normalized spacial score (nSPS) is 17.8. The maximum atomic E-state index is 13.0. The number of aromatic nitrogens is 2. The summed E-state index contributed by atoms with van der Waals surface area (Å²) in [5, 5.41) is 4.07. The number of anilines is 2. The van der Waals surface area contributed by atoms with E-state index in [-0.39, 0.29) is 29.7 Å². The fourth-order valence-electron chi connectivity index (χ4n) is 2.79. The zero-order chi connectivity index (χ0) is 17.6. The number of methoxy groups -OCH3 is 1. The van der Waals surface area contributed by atoms with E-state index in [0.717, 1.165) is 13.2 Å².